The lowest BCUT2D eigenvalue weighted by Gasteiger charge is -2.14. The van der Waals surface area contributed by atoms with Gasteiger partial charge in [0.05, 0.1) is 10.8 Å². The van der Waals surface area contributed by atoms with E-state index >= 15 is 0 Å². The van der Waals surface area contributed by atoms with Crippen molar-refractivity contribution in [3.8, 4) is 0 Å². The zero-order valence-corrected chi connectivity index (χ0v) is 20.3. The number of carboxylic acids is 1. The minimum absolute atomic E-state index is 0.00648. The summed E-state index contributed by atoms with van der Waals surface area (Å²) in [6.07, 6.45) is 0. The summed E-state index contributed by atoms with van der Waals surface area (Å²) in [5.74, 6) is -9.28. The topological polar surface area (TPSA) is 95.5 Å². The number of aromatic carboxylic acids is 1. The van der Waals surface area contributed by atoms with Crippen LogP contribution in [0, 0.1) is 23.3 Å². The van der Waals surface area contributed by atoms with E-state index in [-0.39, 0.29) is 17.2 Å². The van der Waals surface area contributed by atoms with Gasteiger partial charge in [0.1, 0.15) is 5.69 Å². The van der Waals surface area contributed by atoms with E-state index in [1.54, 1.807) is 48.5 Å². The van der Waals surface area contributed by atoms with Crippen molar-refractivity contribution >= 4 is 51.7 Å². The molecule has 0 saturated heterocycles. The van der Waals surface area contributed by atoms with Crippen LogP contribution >= 0.6 is 11.8 Å². The monoisotopic (exact) mass is 542 g/mol. The van der Waals surface area contributed by atoms with E-state index in [2.05, 4.69) is 5.32 Å². The van der Waals surface area contributed by atoms with Crippen LogP contribution in [0.3, 0.4) is 0 Å². The van der Waals surface area contributed by atoms with Crippen LogP contribution < -0.4 is 10.6 Å². The quantitative estimate of drug-likeness (QED) is 0.141. The van der Waals surface area contributed by atoms with Gasteiger partial charge in [-0.05, 0) is 48.7 Å². The van der Waals surface area contributed by atoms with Gasteiger partial charge in [-0.15, -0.1) is 11.8 Å². The second kappa shape index (κ2) is 10.9. The number of anilines is 2. The fraction of sp³-hybridized carbons (Fsp3) is 0.0741. The molecule has 0 bridgehead atoms. The summed E-state index contributed by atoms with van der Waals surface area (Å²) >= 11 is 1.000. The zero-order chi connectivity index (χ0) is 27.6. The molecule has 0 radical (unpaired) electrons. The molecule has 4 rings (SSSR count). The Labute approximate surface area is 217 Å². The maximum Gasteiger partial charge on any atom is 0.336 e. The highest BCUT2D eigenvalue weighted by Crippen LogP contribution is 2.29. The molecule has 0 aliphatic heterocycles. The second-order valence-corrected chi connectivity index (χ2v) is 9.50. The molecule has 194 valence electrons. The summed E-state index contributed by atoms with van der Waals surface area (Å²) in [4.78, 5) is 37.5. The Bertz CT molecular complexity index is 1550. The number of benzene rings is 4. The van der Waals surface area contributed by atoms with E-state index < -0.39 is 52.0 Å². The third kappa shape index (κ3) is 5.47. The average Bonchev–Trinajstić information content (AvgIpc) is 2.90. The van der Waals surface area contributed by atoms with E-state index in [9.17, 15) is 37.1 Å². The van der Waals surface area contributed by atoms with Crippen molar-refractivity contribution in [3.63, 3.8) is 0 Å². The molecular weight excluding hydrogens is 524 g/mol. The third-order valence-corrected chi connectivity index (χ3v) is 6.65. The maximum absolute atomic E-state index is 13.8. The van der Waals surface area contributed by atoms with Gasteiger partial charge in [-0.1, -0.05) is 24.3 Å². The fourth-order valence-electron chi connectivity index (χ4n) is 3.69. The van der Waals surface area contributed by atoms with E-state index in [1.807, 2.05) is 5.32 Å². The molecule has 0 saturated carbocycles. The van der Waals surface area contributed by atoms with Gasteiger partial charge in [-0.2, -0.15) is 0 Å². The maximum atomic E-state index is 13.8. The molecule has 0 aliphatic carbocycles. The number of halogens is 4. The average molecular weight is 543 g/mol. The number of fused-ring (bicyclic) bond motifs is 1. The van der Waals surface area contributed by atoms with Crippen LogP contribution in [0.4, 0.5) is 28.9 Å². The van der Waals surface area contributed by atoms with Crippen molar-refractivity contribution in [2.45, 2.75) is 17.1 Å². The van der Waals surface area contributed by atoms with Gasteiger partial charge in [0.2, 0.25) is 5.91 Å². The van der Waals surface area contributed by atoms with Gasteiger partial charge in [0.25, 0.3) is 5.91 Å². The molecule has 6 nitrogen and oxygen atoms in total. The largest absolute Gasteiger partial charge is 0.478 e. The second-order valence-electron chi connectivity index (χ2n) is 8.09. The first-order chi connectivity index (χ1) is 18.1. The lowest BCUT2D eigenvalue weighted by molar-refractivity contribution is -0.115. The molecule has 4 aromatic rings. The summed E-state index contributed by atoms with van der Waals surface area (Å²) in [6.45, 7) is 1.43. The van der Waals surface area contributed by atoms with Gasteiger partial charge in [-0.25, -0.2) is 22.4 Å². The molecule has 0 heterocycles. The van der Waals surface area contributed by atoms with Crippen LogP contribution in [0.2, 0.25) is 0 Å². The molecular formula is C27H18F4N2O4S. The number of hydrogen-bond acceptors (Lipinski definition) is 4. The molecule has 4 aromatic carbocycles. The number of carbonyl (C=O) groups is 3. The molecule has 2 amide bonds. The van der Waals surface area contributed by atoms with Crippen LogP contribution in [0.5, 0.6) is 0 Å². The van der Waals surface area contributed by atoms with Crippen molar-refractivity contribution in [1.29, 1.82) is 0 Å². The van der Waals surface area contributed by atoms with Crippen LogP contribution in [0.15, 0.2) is 71.6 Å². The predicted molar refractivity (Wildman–Crippen MR) is 136 cm³/mol. The Kier molecular flexibility index (Phi) is 7.67. The summed E-state index contributed by atoms with van der Waals surface area (Å²) in [5.41, 5.74) is -0.649. The minimum Gasteiger partial charge on any atom is -0.478 e. The van der Waals surface area contributed by atoms with Gasteiger partial charge in [0, 0.05) is 27.6 Å². The molecule has 1 unspecified atom stereocenters. The highest BCUT2D eigenvalue weighted by molar-refractivity contribution is 8.00. The molecule has 0 aromatic heterocycles. The van der Waals surface area contributed by atoms with Crippen LogP contribution in [-0.4, -0.2) is 28.1 Å². The van der Waals surface area contributed by atoms with E-state index in [4.69, 9.17) is 0 Å². The summed E-state index contributed by atoms with van der Waals surface area (Å²) in [5, 5.41) is 14.1. The van der Waals surface area contributed by atoms with Gasteiger partial charge < -0.3 is 15.7 Å². The fourth-order valence-corrected chi connectivity index (χ4v) is 4.56. The molecule has 11 heteroatoms. The van der Waals surface area contributed by atoms with E-state index in [0.717, 1.165) is 11.8 Å². The van der Waals surface area contributed by atoms with Crippen molar-refractivity contribution in [2.75, 3.05) is 10.6 Å². The lowest BCUT2D eigenvalue weighted by Crippen LogP contribution is -2.24. The third-order valence-electron chi connectivity index (χ3n) is 5.53. The van der Waals surface area contributed by atoms with Crippen molar-refractivity contribution in [1.82, 2.24) is 0 Å². The normalized spacial score (nSPS) is 11.7. The standard InChI is InChI=1S/C27H18F4N2O4S/c1-13(25(34)33-24-22(30)19(28)12-20(29)23(24)31)38-16-10-8-15(9-11-16)32-26(35)17-6-2-4-14-5-3-7-18(21(14)17)27(36)37/h2-13H,1H3,(H,32,35)(H,33,34)(H,36,37). The predicted octanol–water partition coefficient (Wildman–Crippen LogP) is 6.47. The molecule has 38 heavy (non-hydrogen) atoms. The number of amides is 2. The first kappa shape index (κ1) is 26.7. The van der Waals surface area contributed by atoms with Gasteiger partial charge >= 0.3 is 5.97 Å². The van der Waals surface area contributed by atoms with Crippen molar-refractivity contribution in [2.24, 2.45) is 0 Å². The number of carboxylic acid groups (broad SMARTS) is 1. The Morgan fingerprint density at radius 3 is 1.97 bits per heavy atom. The molecule has 0 spiro atoms. The van der Waals surface area contributed by atoms with Crippen molar-refractivity contribution in [3.05, 3.63) is 101 Å². The first-order valence-corrected chi connectivity index (χ1v) is 11.9. The smallest absolute Gasteiger partial charge is 0.336 e. The van der Waals surface area contributed by atoms with Crippen molar-refractivity contribution < 1.29 is 37.1 Å². The molecule has 0 fully saturated rings. The highest BCUT2D eigenvalue weighted by atomic mass is 32.2. The number of nitrogens with one attached hydrogen (secondary N) is 2. The van der Waals surface area contributed by atoms with Crippen LogP contribution in [0.25, 0.3) is 10.8 Å². The van der Waals surface area contributed by atoms with Gasteiger partial charge in [-0.3, -0.25) is 9.59 Å². The molecule has 0 aliphatic rings. The summed E-state index contributed by atoms with van der Waals surface area (Å²) < 4.78 is 54.5. The number of thioether (sulfide) groups is 1. The summed E-state index contributed by atoms with van der Waals surface area (Å²) in [7, 11) is 0. The summed E-state index contributed by atoms with van der Waals surface area (Å²) in [6, 6.07) is 15.9. The molecule has 3 N–H and O–H groups in total. The minimum atomic E-state index is -1.71. The number of rotatable bonds is 7. The van der Waals surface area contributed by atoms with Gasteiger partial charge in [0.15, 0.2) is 23.3 Å². The van der Waals surface area contributed by atoms with Crippen LogP contribution in [0.1, 0.15) is 27.6 Å². The van der Waals surface area contributed by atoms with Crippen LogP contribution in [-0.2, 0) is 4.79 Å². The Hall–Kier alpha value is -4.38. The number of hydrogen-bond donors (Lipinski definition) is 3. The Balaban J connectivity index is 1.45. The lowest BCUT2D eigenvalue weighted by atomic mass is 9.98. The SMILES string of the molecule is CC(Sc1ccc(NC(=O)c2cccc3cccc(C(=O)O)c23)cc1)C(=O)Nc1c(F)c(F)cc(F)c1F. The Morgan fingerprint density at radius 1 is 0.816 bits per heavy atom. The highest BCUT2D eigenvalue weighted by Gasteiger charge is 2.23. The zero-order valence-electron chi connectivity index (χ0n) is 19.5. The van der Waals surface area contributed by atoms with E-state index in [0.29, 0.717) is 21.4 Å². The first-order valence-electron chi connectivity index (χ1n) is 11.0. The number of carbonyl (C=O) groups excluding carboxylic acids is 2. The Morgan fingerprint density at radius 2 is 1.39 bits per heavy atom. The molecule has 1 atom stereocenters. The van der Waals surface area contributed by atoms with E-state index in [1.165, 1.54) is 19.1 Å².